The van der Waals surface area contributed by atoms with Crippen molar-refractivity contribution in [2.45, 2.75) is 49.9 Å². The van der Waals surface area contributed by atoms with Crippen molar-refractivity contribution in [2.75, 3.05) is 18.6 Å². The standard InChI is InChI=1S/C19H31N7O7S/c1-34-5-4-12(24-16(29)11(20)2-3-15(21)28)17(30)26-14(8-27)18(31)25-13(19(32)33)6-10-7-22-9-23-10/h7,9,11-14,27H,2-6,8,20H2,1H3,(H2,21,28)(H,22,23)(H,24,29)(H,25,31)(H,26,30)(H,32,33). The smallest absolute Gasteiger partial charge is 0.326 e. The summed E-state index contributed by atoms with van der Waals surface area (Å²) in [4.78, 5) is 66.5. The molecule has 0 bridgehead atoms. The first-order valence-electron chi connectivity index (χ1n) is 10.3. The summed E-state index contributed by atoms with van der Waals surface area (Å²) >= 11 is 1.42. The number of H-pyrrole nitrogens is 1. The van der Waals surface area contributed by atoms with Crippen LogP contribution in [0.25, 0.3) is 0 Å². The van der Waals surface area contributed by atoms with Crippen molar-refractivity contribution in [1.29, 1.82) is 0 Å². The van der Waals surface area contributed by atoms with Crippen LogP contribution in [0.4, 0.5) is 0 Å². The van der Waals surface area contributed by atoms with Crippen molar-refractivity contribution in [2.24, 2.45) is 11.5 Å². The summed E-state index contributed by atoms with van der Waals surface area (Å²) in [6.45, 7) is -0.810. The van der Waals surface area contributed by atoms with E-state index in [1.165, 1.54) is 24.3 Å². The number of aromatic nitrogens is 2. The lowest BCUT2D eigenvalue weighted by atomic mass is 10.1. The summed E-state index contributed by atoms with van der Waals surface area (Å²) < 4.78 is 0. The molecule has 0 aliphatic heterocycles. The van der Waals surface area contributed by atoms with Gasteiger partial charge in [0.05, 0.1) is 19.0 Å². The highest BCUT2D eigenvalue weighted by atomic mass is 32.2. The molecule has 0 spiro atoms. The minimum Gasteiger partial charge on any atom is -0.480 e. The number of nitrogens with two attached hydrogens (primary N) is 2. The number of carboxylic acid groups (broad SMARTS) is 1. The Hall–Kier alpha value is -3.17. The summed E-state index contributed by atoms with van der Waals surface area (Å²) in [5.41, 5.74) is 11.2. The normalized spacial score (nSPS) is 14.3. The lowest BCUT2D eigenvalue weighted by Crippen LogP contribution is -2.58. The van der Waals surface area contributed by atoms with Gasteiger partial charge >= 0.3 is 5.97 Å². The molecular weight excluding hydrogens is 470 g/mol. The van der Waals surface area contributed by atoms with Crippen molar-refractivity contribution < 1.29 is 34.2 Å². The molecule has 15 heteroatoms. The molecule has 0 saturated heterocycles. The van der Waals surface area contributed by atoms with Gasteiger partial charge < -0.3 is 42.6 Å². The molecule has 1 aromatic rings. The first-order valence-corrected chi connectivity index (χ1v) is 11.7. The van der Waals surface area contributed by atoms with Crippen molar-refractivity contribution in [3.05, 3.63) is 18.2 Å². The second kappa shape index (κ2) is 14.9. The Kier molecular flexibility index (Phi) is 12.6. The van der Waals surface area contributed by atoms with Gasteiger partial charge in [-0.25, -0.2) is 9.78 Å². The molecule has 4 unspecified atom stereocenters. The van der Waals surface area contributed by atoms with E-state index in [9.17, 15) is 34.2 Å². The van der Waals surface area contributed by atoms with Crippen LogP contribution >= 0.6 is 11.8 Å². The molecule has 0 aromatic carbocycles. The van der Waals surface area contributed by atoms with Crippen LogP contribution < -0.4 is 27.4 Å². The maximum absolute atomic E-state index is 12.8. The van der Waals surface area contributed by atoms with E-state index in [0.29, 0.717) is 11.4 Å². The molecule has 0 radical (unpaired) electrons. The molecule has 1 heterocycles. The maximum atomic E-state index is 12.8. The Morgan fingerprint density at radius 2 is 1.68 bits per heavy atom. The molecule has 0 aliphatic rings. The van der Waals surface area contributed by atoms with Gasteiger partial charge in [-0.05, 0) is 24.9 Å². The largest absolute Gasteiger partial charge is 0.480 e. The van der Waals surface area contributed by atoms with E-state index >= 15 is 0 Å². The van der Waals surface area contributed by atoms with Gasteiger partial charge in [0.1, 0.15) is 18.1 Å². The number of aliphatic carboxylic acids is 1. The van der Waals surface area contributed by atoms with Gasteiger partial charge in [0.25, 0.3) is 0 Å². The van der Waals surface area contributed by atoms with E-state index in [1.54, 1.807) is 6.26 Å². The van der Waals surface area contributed by atoms with E-state index in [-0.39, 0.29) is 25.7 Å². The summed E-state index contributed by atoms with van der Waals surface area (Å²) in [5, 5.41) is 26.0. The maximum Gasteiger partial charge on any atom is 0.326 e. The molecule has 0 aliphatic carbocycles. The van der Waals surface area contributed by atoms with Crippen LogP contribution in [0.3, 0.4) is 0 Å². The number of aromatic amines is 1. The van der Waals surface area contributed by atoms with Gasteiger partial charge in [-0.2, -0.15) is 11.8 Å². The molecule has 4 amide bonds. The fourth-order valence-corrected chi connectivity index (χ4v) is 3.24. The van der Waals surface area contributed by atoms with Crippen LogP contribution in [-0.4, -0.2) is 92.6 Å². The number of aliphatic hydroxyl groups excluding tert-OH is 1. The van der Waals surface area contributed by atoms with E-state index < -0.39 is 60.4 Å². The first kappa shape index (κ1) is 28.9. The average molecular weight is 502 g/mol. The number of primary amides is 1. The van der Waals surface area contributed by atoms with E-state index in [4.69, 9.17) is 11.5 Å². The molecule has 1 aromatic heterocycles. The van der Waals surface area contributed by atoms with Crippen molar-refractivity contribution in [1.82, 2.24) is 25.9 Å². The van der Waals surface area contributed by atoms with Gasteiger partial charge in [0, 0.05) is 24.7 Å². The number of imidazole rings is 1. The van der Waals surface area contributed by atoms with E-state index in [2.05, 4.69) is 25.9 Å². The third-order valence-electron chi connectivity index (χ3n) is 4.69. The molecule has 34 heavy (non-hydrogen) atoms. The molecule has 1 rings (SSSR count). The fraction of sp³-hybridized carbons (Fsp3) is 0.579. The summed E-state index contributed by atoms with van der Waals surface area (Å²) in [6, 6.07) is -4.96. The van der Waals surface area contributed by atoms with Crippen molar-refractivity contribution >= 4 is 41.4 Å². The van der Waals surface area contributed by atoms with Crippen LogP contribution in [0.2, 0.25) is 0 Å². The van der Waals surface area contributed by atoms with Gasteiger partial charge in [-0.1, -0.05) is 0 Å². The SMILES string of the molecule is CSCCC(NC(=O)C(N)CCC(N)=O)C(=O)NC(CO)C(=O)NC(Cc1cnc[nH]1)C(=O)O. The number of nitrogens with zero attached hydrogens (tertiary/aromatic N) is 1. The van der Waals surface area contributed by atoms with Gasteiger partial charge in [0.15, 0.2) is 0 Å². The number of rotatable bonds is 16. The van der Waals surface area contributed by atoms with Gasteiger partial charge in [-0.3, -0.25) is 19.2 Å². The minimum atomic E-state index is -1.46. The van der Waals surface area contributed by atoms with E-state index in [0.717, 1.165) is 0 Å². The summed E-state index contributed by atoms with van der Waals surface area (Å²) in [6.07, 6.45) is 4.54. The number of hydrogen-bond acceptors (Lipinski definition) is 9. The average Bonchev–Trinajstić information content (AvgIpc) is 3.30. The van der Waals surface area contributed by atoms with Gasteiger partial charge in [0.2, 0.25) is 23.6 Å². The zero-order chi connectivity index (χ0) is 25.7. The molecular formula is C19H31N7O7S. The summed E-state index contributed by atoms with van der Waals surface area (Å²) in [5.74, 6) is -3.83. The summed E-state index contributed by atoms with van der Waals surface area (Å²) in [7, 11) is 0. The topological polar surface area (TPSA) is 243 Å². The van der Waals surface area contributed by atoms with Crippen LogP contribution in [0, 0.1) is 0 Å². The second-order valence-electron chi connectivity index (χ2n) is 7.38. The Balaban J connectivity index is 2.80. The predicted molar refractivity (Wildman–Crippen MR) is 122 cm³/mol. The zero-order valence-corrected chi connectivity index (χ0v) is 19.5. The highest BCUT2D eigenvalue weighted by molar-refractivity contribution is 7.98. The quantitative estimate of drug-likeness (QED) is 0.113. The number of amides is 4. The number of hydrogen-bond donors (Lipinski definition) is 8. The molecule has 4 atom stereocenters. The lowest BCUT2D eigenvalue weighted by Gasteiger charge is -2.24. The van der Waals surface area contributed by atoms with Crippen LogP contribution in [0.5, 0.6) is 0 Å². The first-order chi connectivity index (χ1) is 16.1. The number of carbonyl (C=O) groups excluding carboxylic acids is 4. The third kappa shape index (κ3) is 10.2. The lowest BCUT2D eigenvalue weighted by molar-refractivity contribution is -0.142. The molecule has 14 nitrogen and oxygen atoms in total. The number of carboxylic acids is 1. The molecule has 0 fully saturated rings. The minimum absolute atomic E-state index is 0.00733. The Bertz CT molecular complexity index is 837. The monoisotopic (exact) mass is 501 g/mol. The number of carbonyl (C=O) groups is 5. The Morgan fingerprint density at radius 3 is 2.21 bits per heavy atom. The number of nitrogens with one attached hydrogen (secondary N) is 4. The zero-order valence-electron chi connectivity index (χ0n) is 18.7. The molecule has 10 N–H and O–H groups in total. The van der Waals surface area contributed by atoms with Crippen LogP contribution in [0.15, 0.2) is 12.5 Å². The number of aliphatic hydroxyl groups is 1. The Morgan fingerprint density at radius 1 is 1.06 bits per heavy atom. The van der Waals surface area contributed by atoms with Gasteiger partial charge in [-0.15, -0.1) is 0 Å². The third-order valence-corrected chi connectivity index (χ3v) is 5.34. The number of thioether (sulfide) groups is 1. The van der Waals surface area contributed by atoms with Crippen molar-refractivity contribution in [3.8, 4) is 0 Å². The van der Waals surface area contributed by atoms with Crippen LogP contribution in [0.1, 0.15) is 25.0 Å². The highest BCUT2D eigenvalue weighted by Gasteiger charge is 2.30. The molecule has 190 valence electrons. The van der Waals surface area contributed by atoms with Crippen LogP contribution in [-0.2, 0) is 30.4 Å². The van der Waals surface area contributed by atoms with E-state index in [1.807, 2.05) is 0 Å². The van der Waals surface area contributed by atoms with Crippen molar-refractivity contribution in [3.63, 3.8) is 0 Å². The second-order valence-corrected chi connectivity index (χ2v) is 8.36. The fourth-order valence-electron chi connectivity index (χ4n) is 2.77. The Labute approximate surface area is 200 Å². The highest BCUT2D eigenvalue weighted by Crippen LogP contribution is 2.04. The predicted octanol–water partition coefficient (Wildman–Crippen LogP) is -3.17. The molecule has 0 saturated carbocycles.